The molecule has 3 aromatic heterocycles. The van der Waals surface area contributed by atoms with E-state index in [1.54, 1.807) is 4.68 Å². The molecule has 0 saturated heterocycles. The van der Waals surface area contributed by atoms with Crippen LogP contribution in [0.25, 0.3) is 22.7 Å². The molecule has 0 aliphatic heterocycles. The highest BCUT2D eigenvalue weighted by molar-refractivity contribution is 7.98. The highest BCUT2D eigenvalue weighted by Crippen LogP contribution is 2.33. The van der Waals surface area contributed by atoms with Crippen LogP contribution in [-0.2, 0) is 12.3 Å². The molecule has 0 unspecified atom stereocenters. The standard InChI is InChI=1S/C16H15N7O2S/c1-3-23-16(19-21-22-23)26-9-12-17-18-15(24-12)13-10(2)25-20-14(13)11-7-5-4-6-8-11/h4-8H,3,9H2,1-2H3. The molecule has 4 rings (SSSR count). The molecule has 0 aliphatic rings. The summed E-state index contributed by atoms with van der Waals surface area (Å²) in [7, 11) is 0. The van der Waals surface area contributed by atoms with Gasteiger partial charge in [-0.2, -0.15) is 0 Å². The van der Waals surface area contributed by atoms with Gasteiger partial charge in [-0.05, 0) is 24.3 Å². The van der Waals surface area contributed by atoms with Crippen LogP contribution in [0.1, 0.15) is 18.6 Å². The van der Waals surface area contributed by atoms with Crippen LogP contribution in [0, 0.1) is 6.92 Å². The van der Waals surface area contributed by atoms with E-state index in [4.69, 9.17) is 8.94 Å². The van der Waals surface area contributed by atoms with E-state index in [1.165, 1.54) is 11.8 Å². The number of hydrogen-bond donors (Lipinski definition) is 0. The number of hydrogen-bond acceptors (Lipinski definition) is 9. The SMILES string of the molecule is CCn1nnnc1SCc1nnc(-c2c(-c3ccccc3)noc2C)o1. The normalized spacial score (nSPS) is 11.2. The van der Waals surface area contributed by atoms with Crippen molar-refractivity contribution in [3.05, 3.63) is 42.0 Å². The topological polar surface area (TPSA) is 109 Å². The summed E-state index contributed by atoms with van der Waals surface area (Å²) < 4.78 is 12.9. The van der Waals surface area contributed by atoms with Gasteiger partial charge in [-0.15, -0.1) is 15.3 Å². The Morgan fingerprint density at radius 3 is 2.77 bits per heavy atom. The molecule has 0 bridgehead atoms. The number of rotatable bonds is 6. The van der Waals surface area contributed by atoms with Gasteiger partial charge >= 0.3 is 0 Å². The molecule has 132 valence electrons. The number of thioether (sulfide) groups is 1. The van der Waals surface area contributed by atoms with E-state index in [0.29, 0.717) is 46.3 Å². The smallest absolute Gasteiger partial charge is 0.253 e. The van der Waals surface area contributed by atoms with Gasteiger partial charge in [-0.3, -0.25) is 0 Å². The first-order chi connectivity index (χ1) is 12.8. The van der Waals surface area contributed by atoms with Crippen molar-refractivity contribution in [3.8, 4) is 22.7 Å². The fraction of sp³-hybridized carbons (Fsp3) is 0.250. The van der Waals surface area contributed by atoms with Crippen LogP contribution in [0.5, 0.6) is 0 Å². The summed E-state index contributed by atoms with van der Waals surface area (Å²) in [6.45, 7) is 4.50. The Labute approximate surface area is 152 Å². The van der Waals surface area contributed by atoms with Gasteiger partial charge in [0.1, 0.15) is 17.0 Å². The van der Waals surface area contributed by atoms with Crippen LogP contribution in [0.2, 0.25) is 0 Å². The van der Waals surface area contributed by atoms with Crippen LogP contribution in [0.15, 0.2) is 44.4 Å². The predicted molar refractivity (Wildman–Crippen MR) is 93.0 cm³/mol. The Bertz CT molecular complexity index is 1010. The van der Waals surface area contributed by atoms with Gasteiger partial charge in [0, 0.05) is 12.1 Å². The lowest BCUT2D eigenvalue weighted by Gasteiger charge is -1.99. The van der Waals surface area contributed by atoms with Gasteiger partial charge in [-0.1, -0.05) is 47.3 Å². The van der Waals surface area contributed by atoms with Crippen LogP contribution < -0.4 is 0 Å². The van der Waals surface area contributed by atoms with Crippen LogP contribution in [-0.4, -0.2) is 35.6 Å². The first-order valence-corrected chi connectivity index (χ1v) is 8.98. The zero-order valence-corrected chi connectivity index (χ0v) is 15.0. The monoisotopic (exact) mass is 369 g/mol. The third-order valence-corrected chi connectivity index (χ3v) is 4.66. The fourth-order valence-corrected chi connectivity index (χ4v) is 3.23. The third kappa shape index (κ3) is 3.10. The Kier molecular flexibility index (Phi) is 4.48. The zero-order chi connectivity index (χ0) is 17.9. The van der Waals surface area contributed by atoms with Gasteiger partial charge in [-0.25, -0.2) is 4.68 Å². The van der Waals surface area contributed by atoms with E-state index in [1.807, 2.05) is 44.2 Å². The second-order valence-corrected chi connectivity index (χ2v) is 6.34. The van der Waals surface area contributed by atoms with E-state index < -0.39 is 0 Å². The summed E-state index contributed by atoms with van der Waals surface area (Å²) in [6.07, 6.45) is 0. The largest absolute Gasteiger partial charge is 0.420 e. The van der Waals surface area contributed by atoms with E-state index in [0.717, 1.165) is 5.56 Å². The molecule has 1 aromatic carbocycles. The lowest BCUT2D eigenvalue weighted by atomic mass is 10.1. The van der Waals surface area contributed by atoms with Crippen LogP contribution >= 0.6 is 11.8 Å². The molecule has 9 nitrogen and oxygen atoms in total. The van der Waals surface area contributed by atoms with E-state index in [2.05, 4.69) is 30.9 Å². The van der Waals surface area contributed by atoms with E-state index in [-0.39, 0.29) is 0 Å². The second kappa shape index (κ2) is 7.08. The molecule has 10 heteroatoms. The average Bonchev–Trinajstić information content (AvgIpc) is 3.39. The Balaban J connectivity index is 1.58. The molecule has 0 atom stereocenters. The molecule has 0 fully saturated rings. The summed E-state index contributed by atoms with van der Waals surface area (Å²) in [5, 5.41) is 24.7. The molecule has 26 heavy (non-hydrogen) atoms. The quantitative estimate of drug-likeness (QED) is 0.474. The number of nitrogens with zero attached hydrogens (tertiary/aromatic N) is 7. The van der Waals surface area contributed by atoms with Crippen molar-refractivity contribution in [2.75, 3.05) is 0 Å². The molecular formula is C16H15N7O2S. The minimum atomic E-state index is 0.383. The number of aryl methyl sites for hydroxylation is 2. The second-order valence-electron chi connectivity index (χ2n) is 5.40. The highest BCUT2D eigenvalue weighted by Gasteiger charge is 2.22. The van der Waals surface area contributed by atoms with Crippen LogP contribution in [0.4, 0.5) is 0 Å². The summed E-state index contributed by atoms with van der Waals surface area (Å²) in [5.74, 6) is 1.96. The van der Waals surface area contributed by atoms with Crippen molar-refractivity contribution in [1.29, 1.82) is 0 Å². The Morgan fingerprint density at radius 2 is 1.96 bits per heavy atom. The summed E-state index contributed by atoms with van der Waals surface area (Å²) in [4.78, 5) is 0. The predicted octanol–water partition coefficient (Wildman–Crippen LogP) is 3.00. The third-order valence-electron chi connectivity index (χ3n) is 3.71. The molecule has 0 aliphatic carbocycles. The average molecular weight is 369 g/mol. The first-order valence-electron chi connectivity index (χ1n) is 7.99. The van der Waals surface area contributed by atoms with Gasteiger partial charge in [0.25, 0.3) is 5.89 Å². The number of benzene rings is 1. The lowest BCUT2D eigenvalue weighted by molar-refractivity contribution is 0.399. The maximum atomic E-state index is 5.82. The van der Waals surface area contributed by atoms with Crippen molar-refractivity contribution in [2.24, 2.45) is 0 Å². The van der Waals surface area contributed by atoms with Gasteiger partial charge in [0.2, 0.25) is 11.0 Å². The van der Waals surface area contributed by atoms with Crippen LogP contribution in [0.3, 0.4) is 0 Å². The Hall–Kier alpha value is -3.01. The zero-order valence-electron chi connectivity index (χ0n) is 14.2. The van der Waals surface area contributed by atoms with E-state index >= 15 is 0 Å². The summed E-state index contributed by atoms with van der Waals surface area (Å²) in [5.41, 5.74) is 2.31. The minimum Gasteiger partial charge on any atom is -0.420 e. The molecule has 4 aromatic rings. The van der Waals surface area contributed by atoms with Gasteiger partial charge < -0.3 is 8.94 Å². The molecule has 0 saturated carbocycles. The number of aromatic nitrogens is 7. The molecule has 0 radical (unpaired) electrons. The molecular weight excluding hydrogens is 354 g/mol. The van der Waals surface area contributed by atoms with Crippen molar-refractivity contribution >= 4 is 11.8 Å². The fourth-order valence-electron chi connectivity index (χ4n) is 2.45. The first kappa shape index (κ1) is 16.5. The Morgan fingerprint density at radius 1 is 1.12 bits per heavy atom. The van der Waals surface area contributed by atoms with Crippen molar-refractivity contribution in [1.82, 2.24) is 35.6 Å². The minimum absolute atomic E-state index is 0.383. The lowest BCUT2D eigenvalue weighted by Crippen LogP contribution is -1.98. The highest BCUT2D eigenvalue weighted by atomic mass is 32.2. The summed E-state index contributed by atoms with van der Waals surface area (Å²) in [6, 6.07) is 9.74. The van der Waals surface area contributed by atoms with Crippen molar-refractivity contribution in [2.45, 2.75) is 31.3 Å². The maximum Gasteiger partial charge on any atom is 0.253 e. The van der Waals surface area contributed by atoms with Gasteiger partial charge in [0.15, 0.2) is 0 Å². The summed E-state index contributed by atoms with van der Waals surface area (Å²) >= 11 is 1.44. The van der Waals surface area contributed by atoms with Gasteiger partial charge in [0.05, 0.1) is 5.75 Å². The molecule has 3 heterocycles. The van der Waals surface area contributed by atoms with Crippen molar-refractivity contribution < 1.29 is 8.94 Å². The van der Waals surface area contributed by atoms with E-state index in [9.17, 15) is 0 Å². The molecule has 0 amide bonds. The molecule has 0 N–H and O–H groups in total. The molecule has 0 spiro atoms. The maximum absolute atomic E-state index is 5.82. The van der Waals surface area contributed by atoms with Crippen molar-refractivity contribution in [3.63, 3.8) is 0 Å². The number of tetrazole rings is 1.